The van der Waals surface area contributed by atoms with Gasteiger partial charge in [-0.25, -0.2) is 0 Å². The first-order valence-corrected chi connectivity index (χ1v) is 47.3. The van der Waals surface area contributed by atoms with Crippen molar-refractivity contribution in [3.8, 4) is 135 Å². The molecule has 0 saturated carbocycles. The summed E-state index contributed by atoms with van der Waals surface area (Å²) >= 11 is 0. The largest absolute Gasteiger partial charge is 3.00 e. The van der Waals surface area contributed by atoms with Gasteiger partial charge in [0.2, 0.25) is 0 Å². The van der Waals surface area contributed by atoms with Crippen LogP contribution in [0.1, 0.15) is 30.7 Å². The van der Waals surface area contributed by atoms with Gasteiger partial charge in [-0.1, -0.05) is 238 Å². The molecule has 0 saturated heterocycles. The third kappa shape index (κ3) is 36.5. The van der Waals surface area contributed by atoms with Crippen LogP contribution in [0.15, 0.2) is 535 Å². The van der Waals surface area contributed by atoms with Gasteiger partial charge in [0, 0.05) is 141 Å². The molecule has 148 heavy (non-hydrogen) atoms. The summed E-state index contributed by atoms with van der Waals surface area (Å²) in [7, 11) is 0. The number of benzene rings is 14. The van der Waals surface area contributed by atoms with Gasteiger partial charge in [-0.15, -0.1) is 299 Å². The van der Waals surface area contributed by atoms with Gasteiger partial charge in [0.15, 0.2) is 0 Å². The number of rotatable bonds is 16. The smallest absolute Gasteiger partial charge is 0.500 e. The van der Waals surface area contributed by atoms with Crippen LogP contribution >= 0.6 is 0 Å². The first-order valence-electron chi connectivity index (χ1n) is 47.3. The second-order valence-electron chi connectivity index (χ2n) is 32.9. The van der Waals surface area contributed by atoms with E-state index >= 15 is 0 Å². The van der Waals surface area contributed by atoms with E-state index in [9.17, 15) is 0 Å². The van der Waals surface area contributed by atoms with Gasteiger partial charge in [0.25, 0.3) is 0 Å². The maximum atomic E-state index is 4.65. The fraction of sp³-hybridized carbons (Fsp3) is 0.0451. The van der Waals surface area contributed by atoms with Crippen LogP contribution in [0.3, 0.4) is 0 Å². The number of aryl methyl sites for hydroxylation is 2. The van der Waals surface area contributed by atoms with E-state index < -0.39 is 0 Å². The van der Waals surface area contributed by atoms with Gasteiger partial charge < -0.3 is 49.7 Å². The Morgan fingerprint density at radius 3 is 0.946 bits per heavy atom. The molecule has 23 rings (SSSR count). The number of pyridine rings is 8. The van der Waals surface area contributed by atoms with Gasteiger partial charge >= 0.3 is 20.1 Å². The third-order valence-corrected chi connectivity index (χ3v) is 22.1. The molecule has 0 spiro atoms. The summed E-state index contributed by atoms with van der Waals surface area (Å²) < 4.78 is 0. The van der Waals surface area contributed by atoms with Crippen LogP contribution in [-0.4, -0.2) is 39.9 Å². The molecule has 0 fully saturated rings. The van der Waals surface area contributed by atoms with E-state index in [2.05, 4.69) is 248 Å². The Morgan fingerprint density at radius 1 is 0.236 bits per heavy atom. The molecule has 0 amide bonds. The molecule has 14 aromatic carbocycles. The first kappa shape index (κ1) is 115. The molecule has 1 aliphatic rings. The van der Waals surface area contributed by atoms with Crippen LogP contribution in [0, 0.1) is 81.0 Å². The molecular weight excluding hydrogens is 2700 g/mol. The van der Waals surface area contributed by atoms with Crippen molar-refractivity contribution in [2.75, 3.05) is 9.80 Å². The van der Waals surface area contributed by atoms with Gasteiger partial charge in [-0.05, 0) is 172 Å². The molecule has 4 radical (unpaired) electrons. The van der Waals surface area contributed by atoms with E-state index in [0.29, 0.717) is 5.92 Å². The Hall–Kier alpha value is -15.1. The maximum absolute atomic E-state index is 4.65. The summed E-state index contributed by atoms with van der Waals surface area (Å²) in [5.74, 6) is 0.641. The number of anilines is 2. The number of nitrogens with zero attached hydrogens (tertiary/aromatic N) is 10. The van der Waals surface area contributed by atoms with E-state index in [4.69, 9.17) is 0 Å². The zero-order valence-electron chi connectivity index (χ0n) is 81.8. The Kier molecular flexibility index (Phi) is 49.6. The second-order valence-corrected chi connectivity index (χ2v) is 32.9. The van der Waals surface area contributed by atoms with Crippen LogP contribution in [0.4, 0.5) is 11.4 Å². The van der Waals surface area contributed by atoms with E-state index in [-0.39, 0.29) is 101 Å². The molecule has 1 aliphatic heterocycles. The van der Waals surface area contributed by atoms with E-state index in [1.807, 2.05) is 394 Å². The average molecular weight is 2800 g/mol. The Morgan fingerprint density at radius 2 is 0.574 bits per heavy atom. The van der Waals surface area contributed by atoms with E-state index in [1.54, 1.807) is 31.0 Å². The van der Waals surface area contributed by atoms with Crippen molar-refractivity contribution in [2.24, 2.45) is 5.92 Å². The zero-order valence-corrected chi connectivity index (χ0v) is 93.8. The molecule has 22 aromatic rings. The summed E-state index contributed by atoms with van der Waals surface area (Å²) in [5, 5.41) is 0. The summed E-state index contributed by atoms with van der Waals surface area (Å²) in [5.41, 5.74) is 31.5. The van der Waals surface area contributed by atoms with Gasteiger partial charge in [0.05, 0.1) is 0 Å². The van der Waals surface area contributed by atoms with Crippen molar-refractivity contribution in [3.63, 3.8) is 0 Å². The topological polar surface area (TPSA) is 110 Å². The number of para-hydroxylation sites is 2. The van der Waals surface area contributed by atoms with Crippen LogP contribution in [0.5, 0.6) is 0 Å². The first-order chi connectivity index (χ1) is 70.6. The standard InChI is InChI=1S/2C18H14N.2C17H12N.C15H12N2.C15H16N.3C11H8N.5Ir/c1-14-12-18(16-10-6-3-7-11-16)19-13-17(14)15-8-4-2-5-9-15;1-14-7-5-6-10-17(14)16-11-12-18(19-13-16)15-8-3-2-4-9-15;2*1-2-7-14(8-3-1)15-9-6-10-16(13-15)17-11-4-5-12-18-17;1-3-7-14(8-4-1)16-11-12-17(13-16)15-9-5-2-6-10-15;1-12(2)11-14-9-6-10-15(16-14)13-7-4-3-5-8-13;3*1-2-6-10(7-3-1)11-8-4-5-9-12-11;;;;;/h2-10,12-13H,1H3;2-8,10-13H,1H3;2*1-9,11-13H;1-9,11-13H;3-7,9-10,12H,11H2,1-2H3;3*1-6,8-9H;;;;;/q4*-1;-2;4*-1;;;;;+3. The fourth-order valence-electron chi connectivity index (χ4n) is 15.0. The van der Waals surface area contributed by atoms with Gasteiger partial charge in [-0.2, -0.15) is 30.3 Å². The second kappa shape index (κ2) is 64.0. The van der Waals surface area contributed by atoms with Crippen LogP contribution in [-0.2, 0) is 107 Å². The molecule has 0 bridgehead atoms. The summed E-state index contributed by atoms with van der Waals surface area (Å²) in [6.07, 6.45) is 17.9. The Balaban J connectivity index is 0.000000170. The Labute approximate surface area is 940 Å². The van der Waals surface area contributed by atoms with Crippen molar-refractivity contribution in [1.29, 1.82) is 0 Å². The van der Waals surface area contributed by atoms with Crippen molar-refractivity contribution in [1.82, 2.24) is 39.9 Å². The zero-order chi connectivity index (χ0) is 98.1. The summed E-state index contributed by atoms with van der Waals surface area (Å²) in [6.45, 7) is 10.7. The maximum Gasteiger partial charge on any atom is 3.00 e. The minimum atomic E-state index is 0. The molecule has 0 aliphatic carbocycles. The SMILES string of the molecule is CC(C)Cc1cccc(-c2[c-]cccc2)n1.Cc1cc(-c2[c-]cccc2)ncc1-c1ccccc1.Cc1ccccc1-c1ccc(-c2[c-]cccc2)nc1.[Ir+3].[Ir].[Ir].[Ir].[Ir].[c-]1ccc(-c2ccccc2)cc1-c1ccccn1.[c-]1ccc(-c2ccccc2)cc1-c1ccccn1.[c-]1ccccc1-c1ccccn1.[c-]1ccccc1-c1ccccn1.[c-]1ccccc1-c1ccccn1.[c-]1ccccc1N1C=CN(c2ccccc2)[CH-]1. The van der Waals surface area contributed by atoms with Crippen LogP contribution in [0.2, 0.25) is 0 Å². The minimum Gasteiger partial charge on any atom is -0.500 e. The summed E-state index contributed by atoms with van der Waals surface area (Å²) in [4.78, 5) is 39.2. The number of aromatic nitrogens is 8. The normalized spacial score (nSPS) is 10.3. The predicted octanol–water partition coefficient (Wildman–Crippen LogP) is 32.3. The molecule has 0 unspecified atom stereocenters. The van der Waals surface area contributed by atoms with Crippen molar-refractivity contribution < 1.29 is 101 Å². The molecule has 15 heteroatoms. The molecule has 10 nitrogen and oxygen atoms in total. The fourth-order valence-corrected chi connectivity index (χ4v) is 15.0. The molecule has 0 N–H and O–H groups in total. The molecular formula is C133H104Ir5N10-7. The van der Waals surface area contributed by atoms with Crippen LogP contribution in [0.25, 0.3) is 135 Å². The predicted molar refractivity (Wildman–Crippen MR) is 588 cm³/mol. The average Bonchev–Trinajstić information content (AvgIpc) is 0.847. The molecule has 9 heterocycles. The number of hydrogen-bond acceptors (Lipinski definition) is 10. The van der Waals surface area contributed by atoms with Crippen molar-refractivity contribution in [2.45, 2.75) is 34.1 Å². The molecule has 8 aromatic heterocycles. The minimum absolute atomic E-state index is 0. The van der Waals surface area contributed by atoms with E-state index in [1.165, 1.54) is 50.1 Å². The monoisotopic (exact) mass is 2810 g/mol. The Bertz CT molecular complexity index is 6860. The quantitative estimate of drug-likeness (QED) is 0.0868. The van der Waals surface area contributed by atoms with Gasteiger partial charge in [0.1, 0.15) is 0 Å². The molecule has 0 atom stereocenters. The van der Waals surface area contributed by atoms with Gasteiger partial charge in [-0.3, -0.25) is 0 Å². The van der Waals surface area contributed by atoms with Crippen LogP contribution < -0.4 is 9.80 Å². The third-order valence-electron chi connectivity index (χ3n) is 22.1. The van der Waals surface area contributed by atoms with Crippen molar-refractivity contribution >= 4 is 11.4 Å². The van der Waals surface area contributed by atoms with E-state index in [0.717, 1.165) is 119 Å². The summed E-state index contributed by atoms with van der Waals surface area (Å²) in [6, 6.07) is 188. The molecule has 738 valence electrons. The number of hydrogen-bond donors (Lipinski definition) is 0. The van der Waals surface area contributed by atoms with Crippen molar-refractivity contribution in [3.05, 3.63) is 613 Å².